The Labute approximate surface area is 266 Å². The molecule has 228 valence electrons. The molecule has 1 saturated carbocycles. The van der Waals surface area contributed by atoms with Gasteiger partial charge >= 0.3 is 6.36 Å². The molecule has 15 heteroatoms. The zero-order valence-corrected chi connectivity index (χ0v) is 25.1. The van der Waals surface area contributed by atoms with E-state index in [1.165, 1.54) is 18.2 Å². The molecule has 0 heterocycles. The first-order chi connectivity index (χ1) is 20.0. The number of hydrogen-bond acceptors (Lipinski definition) is 4. The Kier molecular flexibility index (Phi) is 10.0. The van der Waals surface area contributed by atoms with Crippen LogP contribution in [0.25, 0.3) is 0 Å². The normalized spacial score (nSPS) is 17.4. The molecule has 0 bridgehead atoms. The Bertz CT molecular complexity index is 1620. The van der Waals surface area contributed by atoms with E-state index in [0.29, 0.717) is 10.6 Å². The third kappa shape index (κ3) is 7.79. The van der Waals surface area contributed by atoms with Gasteiger partial charge in [-0.1, -0.05) is 46.9 Å². The molecule has 0 aliphatic heterocycles. The summed E-state index contributed by atoms with van der Waals surface area (Å²) in [6.45, 7) is -1.44. The number of alkyl halides is 5. The molecule has 0 radical (unpaired) electrons. The molecule has 2 atom stereocenters. The van der Waals surface area contributed by atoms with Crippen LogP contribution < -0.4 is 5.32 Å². The molecule has 5 nitrogen and oxygen atoms in total. The zero-order valence-electron chi connectivity index (χ0n) is 21.3. The van der Waals surface area contributed by atoms with Gasteiger partial charge in [-0.25, -0.2) is 8.78 Å². The minimum atomic E-state index is -5.10. The van der Waals surface area contributed by atoms with Gasteiger partial charge in [0.25, 0.3) is 0 Å². The summed E-state index contributed by atoms with van der Waals surface area (Å²) < 4.78 is 67.8. The molecule has 1 aliphatic rings. The molecular formula is C28H17Cl5F5NO4. The number of nitrogens with one attached hydrogen (secondary N) is 1. The number of halogens is 10. The average molecular weight is 704 g/mol. The van der Waals surface area contributed by atoms with E-state index in [9.17, 15) is 31.9 Å². The van der Waals surface area contributed by atoms with Crippen LogP contribution in [0.2, 0.25) is 15.1 Å². The minimum Gasteiger partial charge on any atom is -0.326 e. The molecule has 0 unspecified atom stereocenters. The molecule has 0 spiro atoms. The Morgan fingerprint density at radius 3 is 2.21 bits per heavy atom. The van der Waals surface area contributed by atoms with E-state index in [2.05, 4.69) is 10.1 Å². The molecule has 1 fully saturated rings. The lowest BCUT2D eigenvalue weighted by Gasteiger charge is -2.12. The Morgan fingerprint density at radius 1 is 0.884 bits per heavy atom. The van der Waals surface area contributed by atoms with Gasteiger partial charge in [0.05, 0.1) is 21.0 Å². The van der Waals surface area contributed by atoms with Gasteiger partial charge in [0.1, 0.15) is 22.6 Å². The van der Waals surface area contributed by atoms with Crippen molar-refractivity contribution in [2.75, 3.05) is 11.9 Å². The summed E-state index contributed by atoms with van der Waals surface area (Å²) in [5, 5.41) is 3.12. The largest absolute Gasteiger partial charge is 0.522 e. The van der Waals surface area contributed by atoms with Gasteiger partial charge in [-0.3, -0.25) is 19.1 Å². The van der Waals surface area contributed by atoms with Crippen LogP contribution in [0.15, 0.2) is 48.5 Å². The Hall–Kier alpha value is -2.47. The van der Waals surface area contributed by atoms with Crippen molar-refractivity contribution in [2.24, 2.45) is 5.92 Å². The summed E-state index contributed by atoms with van der Waals surface area (Å²) in [5.74, 6) is -6.52. The molecule has 1 N–H and O–H groups in total. The topological polar surface area (TPSA) is 72.5 Å². The first kappa shape index (κ1) is 33.4. The maximum absolute atomic E-state index is 15.1. The van der Waals surface area contributed by atoms with Gasteiger partial charge in [0.15, 0.2) is 11.6 Å². The van der Waals surface area contributed by atoms with Gasteiger partial charge in [-0.15, -0.1) is 36.4 Å². The fourth-order valence-corrected chi connectivity index (χ4v) is 5.79. The van der Waals surface area contributed by atoms with Gasteiger partial charge in [0, 0.05) is 35.6 Å². The van der Waals surface area contributed by atoms with Gasteiger partial charge in [0.2, 0.25) is 5.91 Å². The molecule has 4 rings (SSSR count). The van der Waals surface area contributed by atoms with Crippen LogP contribution in [-0.4, -0.2) is 34.8 Å². The molecule has 0 aromatic heterocycles. The number of Topliss-reactive ketones (excluding diaryl/α,β-unsaturated/α-hetero) is 2. The van der Waals surface area contributed by atoms with Crippen LogP contribution in [0.5, 0.6) is 0 Å². The first-order valence-corrected chi connectivity index (χ1v) is 14.0. The standard InChI is InChI=1S/C28H17Cl5F5NO4/c29-18-5-3-14(39-26(42)24-23(27(24,32)33)12-1-4-19(30)20(31)7-12)9-16(18)22(41)8-13-2-6-21(34)17(25(13)35)10-15(40)11-43-28(36,37)38/h1-7,9,23-24H,8,10-11H2,(H,39,42)/t23-,24+/m0/s1. The van der Waals surface area contributed by atoms with Crippen LogP contribution in [0.3, 0.4) is 0 Å². The highest BCUT2D eigenvalue weighted by Gasteiger charge is 2.67. The summed E-state index contributed by atoms with van der Waals surface area (Å²) >= 11 is 31.0. The van der Waals surface area contributed by atoms with Gasteiger partial charge in [-0.2, -0.15) is 0 Å². The molecule has 3 aromatic carbocycles. The van der Waals surface area contributed by atoms with E-state index in [0.717, 1.165) is 12.1 Å². The SMILES string of the molecule is O=C(COC(F)(F)F)Cc1c(F)ccc(CC(=O)c2cc(NC(=O)[C@H]3[C@H](c4ccc(Cl)c(Cl)c4)C3(Cl)Cl)ccc2Cl)c1F. The second-order valence-corrected chi connectivity index (χ2v) is 12.2. The van der Waals surface area contributed by atoms with Crippen LogP contribution in [-0.2, 0) is 27.2 Å². The number of anilines is 1. The maximum Gasteiger partial charge on any atom is 0.522 e. The van der Waals surface area contributed by atoms with Crippen molar-refractivity contribution in [3.63, 3.8) is 0 Å². The fourth-order valence-electron chi connectivity index (χ4n) is 4.43. The van der Waals surface area contributed by atoms with Crippen molar-refractivity contribution >= 4 is 81.2 Å². The third-order valence-corrected chi connectivity index (χ3v) is 8.57. The number of carbonyl (C=O) groups is 3. The molecule has 1 amide bonds. The highest BCUT2D eigenvalue weighted by molar-refractivity contribution is 6.53. The summed E-state index contributed by atoms with van der Waals surface area (Å²) in [5.41, 5.74) is -0.564. The van der Waals surface area contributed by atoms with E-state index >= 15 is 4.39 Å². The Balaban J connectivity index is 1.48. The average Bonchev–Trinajstić information content (AvgIpc) is 3.50. The predicted octanol–water partition coefficient (Wildman–Crippen LogP) is 8.52. The second-order valence-electron chi connectivity index (χ2n) is 9.54. The highest BCUT2D eigenvalue weighted by atomic mass is 35.5. The Morgan fingerprint density at radius 2 is 1.56 bits per heavy atom. The fraction of sp³-hybridized carbons (Fsp3) is 0.250. The van der Waals surface area contributed by atoms with Crippen LogP contribution >= 0.6 is 58.0 Å². The summed E-state index contributed by atoms with van der Waals surface area (Å²) in [4.78, 5) is 37.9. The van der Waals surface area contributed by atoms with E-state index in [4.69, 9.17) is 58.0 Å². The number of benzene rings is 3. The first-order valence-electron chi connectivity index (χ1n) is 12.1. The van der Waals surface area contributed by atoms with Crippen molar-refractivity contribution in [1.29, 1.82) is 0 Å². The lowest BCUT2D eigenvalue weighted by atomic mass is 9.98. The van der Waals surface area contributed by atoms with E-state index < -0.39 is 76.7 Å². The van der Waals surface area contributed by atoms with Crippen LogP contribution in [0.1, 0.15) is 33.0 Å². The number of hydrogen-bond donors (Lipinski definition) is 1. The van der Waals surface area contributed by atoms with E-state index in [1.54, 1.807) is 18.2 Å². The summed E-state index contributed by atoms with van der Waals surface area (Å²) in [6.07, 6.45) is -6.79. The highest BCUT2D eigenvalue weighted by Crippen LogP contribution is 2.65. The quantitative estimate of drug-likeness (QED) is 0.131. The van der Waals surface area contributed by atoms with Crippen molar-refractivity contribution in [1.82, 2.24) is 0 Å². The number of carbonyl (C=O) groups excluding carboxylic acids is 3. The molecule has 1 aliphatic carbocycles. The number of amides is 1. The smallest absolute Gasteiger partial charge is 0.326 e. The zero-order chi connectivity index (χ0) is 31.9. The predicted molar refractivity (Wildman–Crippen MR) is 152 cm³/mol. The van der Waals surface area contributed by atoms with Crippen LogP contribution in [0.4, 0.5) is 27.6 Å². The molecule has 3 aromatic rings. The summed E-state index contributed by atoms with van der Waals surface area (Å²) in [7, 11) is 0. The van der Waals surface area contributed by atoms with Crippen molar-refractivity contribution in [2.45, 2.75) is 29.5 Å². The van der Waals surface area contributed by atoms with Gasteiger partial charge < -0.3 is 5.32 Å². The van der Waals surface area contributed by atoms with Crippen molar-refractivity contribution in [3.8, 4) is 0 Å². The van der Waals surface area contributed by atoms with Crippen LogP contribution in [0, 0.1) is 17.6 Å². The number of ether oxygens (including phenoxy) is 1. The monoisotopic (exact) mass is 701 g/mol. The lowest BCUT2D eigenvalue weighted by molar-refractivity contribution is -0.320. The van der Waals surface area contributed by atoms with Crippen molar-refractivity contribution < 1.29 is 41.1 Å². The maximum atomic E-state index is 15.1. The summed E-state index contributed by atoms with van der Waals surface area (Å²) in [6, 6.07) is 10.4. The van der Waals surface area contributed by atoms with E-state index in [1.807, 2.05) is 0 Å². The molecule has 0 saturated heterocycles. The van der Waals surface area contributed by atoms with Gasteiger partial charge in [-0.05, 0) is 47.5 Å². The minimum absolute atomic E-state index is 0.0469. The number of rotatable bonds is 10. The van der Waals surface area contributed by atoms with E-state index in [-0.39, 0.29) is 26.9 Å². The second kappa shape index (κ2) is 12.9. The lowest BCUT2D eigenvalue weighted by Crippen LogP contribution is -2.21. The van der Waals surface area contributed by atoms with Crippen molar-refractivity contribution in [3.05, 3.63) is 97.5 Å². The number of ketones is 2. The third-order valence-electron chi connectivity index (χ3n) is 6.56. The molecule has 43 heavy (non-hydrogen) atoms. The molecular weight excluding hydrogens is 687 g/mol.